The predicted octanol–water partition coefficient (Wildman–Crippen LogP) is 4.21. The molecule has 0 fully saturated rings. The molecule has 0 N–H and O–H groups in total. The van der Waals surface area contributed by atoms with Gasteiger partial charge >= 0.3 is 5.63 Å². The van der Waals surface area contributed by atoms with Gasteiger partial charge in [0.05, 0.1) is 4.70 Å². The lowest BCUT2D eigenvalue weighted by molar-refractivity contribution is 0.568. The van der Waals surface area contributed by atoms with E-state index in [9.17, 15) is 9.18 Å². The van der Waals surface area contributed by atoms with E-state index in [1.807, 2.05) is 12.1 Å². The Morgan fingerprint density at radius 2 is 1.81 bits per heavy atom. The molecular weight excluding hydrogens is 289 g/mol. The Bertz CT molecular complexity index is 1040. The van der Waals surface area contributed by atoms with E-state index in [-0.39, 0.29) is 11.3 Å². The van der Waals surface area contributed by atoms with Crippen LogP contribution in [0.15, 0.2) is 57.7 Å². The SMILES string of the molecule is O=c1oc2ccccc2c2sc(-c3ccccc3F)nc12. The van der Waals surface area contributed by atoms with E-state index >= 15 is 0 Å². The summed E-state index contributed by atoms with van der Waals surface area (Å²) in [6, 6.07) is 13.7. The largest absolute Gasteiger partial charge is 0.421 e. The second kappa shape index (κ2) is 4.49. The van der Waals surface area contributed by atoms with Crippen LogP contribution < -0.4 is 5.63 Å². The summed E-state index contributed by atoms with van der Waals surface area (Å²) in [4.78, 5) is 16.3. The first-order valence-corrected chi connectivity index (χ1v) is 7.13. The highest BCUT2D eigenvalue weighted by Crippen LogP contribution is 2.34. The summed E-state index contributed by atoms with van der Waals surface area (Å²) >= 11 is 1.30. The van der Waals surface area contributed by atoms with Crippen molar-refractivity contribution in [2.24, 2.45) is 0 Å². The number of para-hydroxylation sites is 1. The fraction of sp³-hybridized carbons (Fsp3) is 0. The highest BCUT2D eigenvalue weighted by Gasteiger charge is 2.15. The van der Waals surface area contributed by atoms with Gasteiger partial charge in [-0.2, -0.15) is 0 Å². The summed E-state index contributed by atoms with van der Waals surface area (Å²) in [6.45, 7) is 0. The molecule has 0 saturated heterocycles. The molecule has 0 radical (unpaired) electrons. The zero-order valence-corrected chi connectivity index (χ0v) is 11.5. The van der Waals surface area contributed by atoms with E-state index < -0.39 is 5.63 Å². The van der Waals surface area contributed by atoms with Crippen molar-refractivity contribution in [3.8, 4) is 10.6 Å². The highest BCUT2D eigenvalue weighted by molar-refractivity contribution is 7.22. The van der Waals surface area contributed by atoms with Crippen molar-refractivity contribution in [3.05, 3.63) is 64.8 Å². The average Bonchev–Trinajstić information content (AvgIpc) is 2.94. The quantitative estimate of drug-likeness (QED) is 0.494. The molecule has 21 heavy (non-hydrogen) atoms. The molecule has 2 aromatic carbocycles. The maximum atomic E-state index is 13.9. The van der Waals surface area contributed by atoms with Gasteiger partial charge in [0.2, 0.25) is 0 Å². The van der Waals surface area contributed by atoms with Gasteiger partial charge in [-0.3, -0.25) is 0 Å². The minimum absolute atomic E-state index is 0.247. The van der Waals surface area contributed by atoms with Crippen LogP contribution in [0, 0.1) is 5.82 Å². The third-order valence-corrected chi connectivity index (χ3v) is 4.38. The Morgan fingerprint density at radius 1 is 1.05 bits per heavy atom. The van der Waals surface area contributed by atoms with E-state index in [2.05, 4.69) is 4.98 Å². The highest BCUT2D eigenvalue weighted by atomic mass is 32.1. The summed E-state index contributed by atoms with van der Waals surface area (Å²) < 4.78 is 19.9. The van der Waals surface area contributed by atoms with Crippen molar-refractivity contribution in [2.45, 2.75) is 0 Å². The van der Waals surface area contributed by atoms with Gasteiger partial charge < -0.3 is 4.42 Å². The first kappa shape index (κ1) is 12.2. The Kier molecular flexibility index (Phi) is 2.62. The molecule has 0 saturated carbocycles. The topological polar surface area (TPSA) is 43.1 Å². The van der Waals surface area contributed by atoms with Crippen molar-refractivity contribution in [2.75, 3.05) is 0 Å². The van der Waals surface area contributed by atoms with E-state index in [0.717, 1.165) is 10.1 Å². The van der Waals surface area contributed by atoms with Crippen LogP contribution >= 0.6 is 11.3 Å². The van der Waals surface area contributed by atoms with Crippen molar-refractivity contribution in [3.63, 3.8) is 0 Å². The van der Waals surface area contributed by atoms with Gasteiger partial charge in [0, 0.05) is 10.9 Å². The fourth-order valence-electron chi connectivity index (χ4n) is 2.28. The van der Waals surface area contributed by atoms with Crippen molar-refractivity contribution < 1.29 is 8.81 Å². The zero-order chi connectivity index (χ0) is 14.4. The summed E-state index contributed by atoms with van der Waals surface area (Å²) in [5.41, 5.74) is 0.653. The van der Waals surface area contributed by atoms with Crippen molar-refractivity contribution in [1.29, 1.82) is 0 Å². The van der Waals surface area contributed by atoms with Gasteiger partial charge in [0.15, 0.2) is 5.52 Å². The van der Waals surface area contributed by atoms with Crippen LogP contribution in [0.4, 0.5) is 4.39 Å². The third-order valence-electron chi connectivity index (χ3n) is 3.26. The molecule has 4 aromatic rings. The Labute approximate surface area is 122 Å². The summed E-state index contributed by atoms with van der Waals surface area (Å²) in [6.07, 6.45) is 0. The van der Waals surface area contributed by atoms with Crippen LogP contribution in [0.1, 0.15) is 0 Å². The van der Waals surface area contributed by atoms with E-state index in [1.165, 1.54) is 17.4 Å². The monoisotopic (exact) mass is 297 g/mol. The second-order valence-electron chi connectivity index (χ2n) is 4.56. The molecule has 0 atom stereocenters. The maximum Gasteiger partial charge on any atom is 0.363 e. The summed E-state index contributed by atoms with van der Waals surface area (Å²) in [7, 11) is 0. The Morgan fingerprint density at radius 3 is 2.67 bits per heavy atom. The molecule has 2 heterocycles. The van der Waals surface area contributed by atoms with Gasteiger partial charge in [0.1, 0.15) is 16.4 Å². The molecule has 2 aromatic heterocycles. The number of thiazole rings is 1. The first-order chi connectivity index (χ1) is 10.2. The molecule has 5 heteroatoms. The molecule has 0 amide bonds. The lowest BCUT2D eigenvalue weighted by Gasteiger charge is -1.96. The molecule has 0 aliphatic rings. The third kappa shape index (κ3) is 1.86. The predicted molar refractivity (Wildman–Crippen MR) is 81.1 cm³/mol. The second-order valence-corrected chi connectivity index (χ2v) is 5.56. The number of aromatic nitrogens is 1. The fourth-order valence-corrected chi connectivity index (χ4v) is 3.39. The number of nitrogens with zero attached hydrogens (tertiary/aromatic N) is 1. The zero-order valence-electron chi connectivity index (χ0n) is 10.7. The minimum Gasteiger partial charge on any atom is -0.421 e. The van der Waals surface area contributed by atoms with Crippen LogP contribution in [0.5, 0.6) is 0 Å². The molecule has 4 rings (SSSR count). The molecule has 0 aliphatic carbocycles. The molecule has 102 valence electrons. The standard InChI is InChI=1S/C16H8FNO2S/c17-11-7-3-1-5-9(11)15-18-13-14(21-15)10-6-2-4-8-12(10)20-16(13)19/h1-8H. The average molecular weight is 297 g/mol. The Balaban J connectivity index is 2.11. The smallest absolute Gasteiger partial charge is 0.363 e. The van der Waals surface area contributed by atoms with Crippen molar-refractivity contribution >= 4 is 32.5 Å². The minimum atomic E-state index is -0.498. The molecule has 0 bridgehead atoms. The van der Waals surface area contributed by atoms with Crippen molar-refractivity contribution in [1.82, 2.24) is 4.98 Å². The lowest BCUT2D eigenvalue weighted by Crippen LogP contribution is -1.99. The number of benzene rings is 2. The van der Waals surface area contributed by atoms with E-state index in [0.29, 0.717) is 16.2 Å². The number of hydrogen-bond donors (Lipinski definition) is 0. The van der Waals surface area contributed by atoms with Crippen LogP contribution in [0.3, 0.4) is 0 Å². The number of halogens is 1. The summed E-state index contributed by atoms with van der Waals surface area (Å²) in [5, 5.41) is 1.29. The maximum absolute atomic E-state index is 13.9. The van der Waals surface area contributed by atoms with Crippen LogP contribution in [-0.4, -0.2) is 4.98 Å². The molecule has 0 spiro atoms. The van der Waals surface area contributed by atoms with Crippen LogP contribution in [-0.2, 0) is 0 Å². The number of fused-ring (bicyclic) bond motifs is 3. The van der Waals surface area contributed by atoms with E-state index in [4.69, 9.17) is 4.42 Å². The Hall–Kier alpha value is -2.53. The molecule has 0 aliphatic heterocycles. The van der Waals surface area contributed by atoms with Gasteiger partial charge in [-0.05, 0) is 24.3 Å². The van der Waals surface area contributed by atoms with Gasteiger partial charge in [-0.15, -0.1) is 11.3 Å². The first-order valence-electron chi connectivity index (χ1n) is 6.31. The van der Waals surface area contributed by atoms with Crippen LogP contribution in [0.2, 0.25) is 0 Å². The van der Waals surface area contributed by atoms with Gasteiger partial charge in [0.25, 0.3) is 0 Å². The number of hydrogen-bond acceptors (Lipinski definition) is 4. The molecular formula is C16H8FNO2S. The lowest BCUT2D eigenvalue weighted by atomic mass is 10.2. The molecule has 0 unspecified atom stereocenters. The van der Waals surface area contributed by atoms with Crippen LogP contribution in [0.25, 0.3) is 31.8 Å². The van der Waals surface area contributed by atoms with Gasteiger partial charge in [-0.1, -0.05) is 24.3 Å². The van der Waals surface area contributed by atoms with E-state index in [1.54, 1.807) is 30.3 Å². The number of rotatable bonds is 1. The summed E-state index contributed by atoms with van der Waals surface area (Å²) in [5.74, 6) is -0.356. The molecule has 3 nitrogen and oxygen atoms in total. The van der Waals surface area contributed by atoms with Gasteiger partial charge in [-0.25, -0.2) is 14.2 Å². The normalized spacial score (nSPS) is 11.3.